The molecule has 0 aliphatic carbocycles. The van der Waals surface area contributed by atoms with Gasteiger partial charge >= 0.3 is 0 Å². The molecule has 2 saturated heterocycles. The molecule has 4 rings (SSSR count). The third-order valence-corrected chi connectivity index (χ3v) is 6.72. The Hall–Kier alpha value is -2.73. The number of anilines is 1. The maximum Gasteiger partial charge on any atom is 0.266 e. The number of carbonyl (C=O) groups excluding carboxylic acids is 1. The van der Waals surface area contributed by atoms with Crippen molar-refractivity contribution < 1.29 is 9.53 Å². The van der Waals surface area contributed by atoms with E-state index in [1.54, 1.807) is 12.0 Å². The maximum atomic E-state index is 12.9. The zero-order valence-electron chi connectivity index (χ0n) is 18.4. The van der Waals surface area contributed by atoms with Crippen LogP contribution in [0, 0.1) is 6.92 Å². The van der Waals surface area contributed by atoms with Crippen LogP contribution >= 0.6 is 11.8 Å². The summed E-state index contributed by atoms with van der Waals surface area (Å²) in [5.41, 5.74) is 4.15. The van der Waals surface area contributed by atoms with E-state index in [-0.39, 0.29) is 5.91 Å². The summed E-state index contributed by atoms with van der Waals surface area (Å²) in [5.74, 6) is 0.850. The van der Waals surface area contributed by atoms with E-state index < -0.39 is 0 Å². The number of aliphatic imine (C=N–C) groups is 1. The van der Waals surface area contributed by atoms with Crippen molar-refractivity contribution in [3.63, 3.8) is 0 Å². The number of amidine groups is 1. The van der Waals surface area contributed by atoms with E-state index in [4.69, 9.17) is 9.73 Å². The molecule has 1 amide bonds. The van der Waals surface area contributed by atoms with Gasteiger partial charge in [0, 0.05) is 25.3 Å². The van der Waals surface area contributed by atoms with Gasteiger partial charge in [-0.25, -0.2) is 4.99 Å². The van der Waals surface area contributed by atoms with Gasteiger partial charge in [-0.05, 0) is 98.5 Å². The number of methoxy groups -OCH3 is 1. The quantitative estimate of drug-likeness (QED) is 0.572. The zero-order chi connectivity index (χ0) is 21.8. The van der Waals surface area contributed by atoms with Gasteiger partial charge in [-0.2, -0.15) is 0 Å². The smallest absolute Gasteiger partial charge is 0.266 e. The molecule has 2 aliphatic rings. The summed E-state index contributed by atoms with van der Waals surface area (Å²) in [6, 6.07) is 14.3. The lowest BCUT2D eigenvalue weighted by molar-refractivity contribution is -0.122. The Morgan fingerprint density at radius 1 is 1.10 bits per heavy atom. The van der Waals surface area contributed by atoms with E-state index >= 15 is 0 Å². The van der Waals surface area contributed by atoms with Crippen LogP contribution in [0.2, 0.25) is 0 Å². The summed E-state index contributed by atoms with van der Waals surface area (Å²) in [7, 11) is 1.66. The number of benzene rings is 2. The molecule has 2 heterocycles. The molecule has 6 heteroatoms. The highest BCUT2D eigenvalue weighted by atomic mass is 32.2. The molecule has 0 radical (unpaired) electrons. The minimum atomic E-state index is 0.00431. The Kier molecular flexibility index (Phi) is 6.66. The number of thioether (sulfide) groups is 1. The van der Waals surface area contributed by atoms with Crippen LogP contribution in [-0.2, 0) is 4.79 Å². The minimum absolute atomic E-state index is 0.00431. The number of hydrogen-bond acceptors (Lipinski definition) is 5. The number of nitrogens with zero attached hydrogens (tertiary/aromatic N) is 3. The predicted molar refractivity (Wildman–Crippen MR) is 130 cm³/mol. The Balaban J connectivity index is 1.55. The summed E-state index contributed by atoms with van der Waals surface area (Å²) < 4.78 is 5.33. The van der Waals surface area contributed by atoms with Crippen LogP contribution in [0.1, 0.15) is 37.3 Å². The minimum Gasteiger partial charge on any atom is -0.496 e. The molecular weight excluding hydrogens is 406 g/mol. The van der Waals surface area contributed by atoms with Gasteiger partial charge in [0.15, 0.2) is 5.17 Å². The van der Waals surface area contributed by atoms with Gasteiger partial charge < -0.3 is 9.64 Å². The Labute approximate surface area is 188 Å². The Morgan fingerprint density at radius 3 is 2.48 bits per heavy atom. The molecule has 0 saturated carbocycles. The van der Waals surface area contributed by atoms with E-state index in [2.05, 4.69) is 17.0 Å². The third-order valence-electron chi connectivity index (χ3n) is 5.72. The topological polar surface area (TPSA) is 45.1 Å². The lowest BCUT2D eigenvalue weighted by Gasteiger charge is -2.28. The van der Waals surface area contributed by atoms with Crippen molar-refractivity contribution in [1.82, 2.24) is 4.90 Å². The number of amides is 1. The molecule has 0 unspecified atom stereocenters. The van der Waals surface area contributed by atoms with Gasteiger partial charge in [-0.3, -0.25) is 9.69 Å². The molecule has 2 aliphatic heterocycles. The summed E-state index contributed by atoms with van der Waals surface area (Å²) >= 11 is 1.44. The highest BCUT2D eigenvalue weighted by molar-refractivity contribution is 8.18. The second kappa shape index (κ2) is 9.60. The number of carbonyl (C=O) groups is 1. The average molecular weight is 436 g/mol. The third kappa shape index (κ3) is 4.79. The molecule has 0 bridgehead atoms. The SMILES string of the molecule is CCN1C(=O)/C(=C/c2ccc(OC)c(C)c2)SC1=Nc1ccc(N2CCCCC2)cc1. The van der Waals surface area contributed by atoms with Crippen LogP contribution in [0.15, 0.2) is 52.4 Å². The van der Waals surface area contributed by atoms with E-state index in [1.807, 2.05) is 50.3 Å². The first-order chi connectivity index (χ1) is 15.1. The number of aryl methyl sites for hydroxylation is 1. The summed E-state index contributed by atoms with van der Waals surface area (Å²) in [5, 5.41) is 0.731. The van der Waals surface area contributed by atoms with Gasteiger partial charge in [0.2, 0.25) is 0 Å². The van der Waals surface area contributed by atoms with Gasteiger partial charge in [-0.15, -0.1) is 0 Å². The second-order valence-corrected chi connectivity index (χ2v) is 8.86. The molecule has 0 atom stereocenters. The van der Waals surface area contributed by atoms with Gasteiger partial charge in [0.25, 0.3) is 5.91 Å². The monoisotopic (exact) mass is 435 g/mol. The van der Waals surface area contributed by atoms with Crippen LogP contribution in [-0.4, -0.2) is 42.7 Å². The van der Waals surface area contributed by atoms with E-state index in [0.717, 1.165) is 40.8 Å². The van der Waals surface area contributed by atoms with Crippen molar-refractivity contribution in [2.24, 2.45) is 4.99 Å². The molecule has 5 nitrogen and oxygen atoms in total. The molecule has 162 valence electrons. The molecule has 0 N–H and O–H groups in total. The average Bonchev–Trinajstić information content (AvgIpc) is 3.08. The molecule has 2 aromatic rings. The van der Waals surface area contributed by atoms with E-state index in [1.165, 1.54) is 36.7 Å². The van der Waals surface area contributed by atoms with Crippen molar-refractivity contribution in [3.8, 4) is 5.75 Å². The molecule has 2 fully saturated rings. The maximum absolute atomic E-state index is 12.9. The molecular formula is C25H29N3O2S. The molecule has 31 heavy (non-hydrogen) atoms. The number of piperidine rings is 1. The summed E-state index contributed by atoms with van der Waals surface area (Å²) in [6.45, 7) is 6.83. The fraction of sp³-hybridized carbons (Fsp3) is 0.360. The highest BCUT2D eigenvalue weighted by Crippen LogP contribution is 2.35. The van der Waals surface area contributed by atoms with Crippen molar-refractivity contribution >= 4 is 40.3 Å². The first-order valence-electron chi connectivity index (χ1n) is 10.9. The standard InChI is InChI=1S/C25H29N3O2S/c1-4-28-24(29)23(17-19-8-13-22(30-3)18(2)16-19)31-25(28)26-20-9-11-21(12-10-20)27-14-6-5-7-15-27/h8-13,16-17H,4-7,14-15H2,1-3H3/b23-17-,26-25?. The fourth-order valence-corrected chi connectivity index (χ4v) is 5.08. The number of rotatable bonds is 5. The molecule has 0 spiro atoms. The Morgan fingerprint density at radius 2 is 1.84 bits per heavy atom. The van der Waals surface area contributed by atoms with Crippen molar-refractivity contribution in [2.75, 3.05) is 31.6 Å². The van der Waals surface area contributed by atoms with Crippen LogP contribution < -0.4 is 9.64 Å². The summed E-state index contributed by atoms with van der Waals surface area (Å²) in [4.78, 5) is 22.6. The number of ether oxygens (including phenoxy) is 1. The largest absolute Gasteiger partial charge is 0.496 e. The van der Waals surface area contributed by atoms with Crippen LogP contribution in [0.25, 0.3) is 6.08 Å². The molecule has 2 aromatic carbocycles. The zero-order valence-corrected chi connectivity index (χ0v) is 19.2. The van der Waals surface area contributed by atoms with Crippen LogP contribution in [0.4, 0.5) is 11.4 Å². The summed E-state index contributed by atoms with van der Waals surface area (Å²) in [6.07, 6.45) is 5.78. The van der Waals surface area contributed by atoms with Gasteiger partial charge in [0.1, 0.15) is 5.75 Å². The Bertz CT molecular complexity index is 1010. The fourth-order valence-electron chi connectivity index (χ4n) is 4.01. The number of likely N-dealkylation sites (N-methyl/N-ethyl adjacent to an activating group) is 1. The van der Waals surface area contributed by atoms with Crippen LogP contribution in [0.5, 0.6) is 5.75 Å². The van der Waals surface area contributed by atoms with Crippen molar-refractivity contribution in [1.29, 1.82) is 0 Å². The molecule has 0 aromatic heterocycles. The van der Waals surface area contributed by atoms with Crippen LogP contribution in [0.3, 0.4) is 0 Å². The van der Waals surface area contributed by atoms with Crippen molar-refractivity contribution in [2.45, 2.75) is 33.1 Å². The van der Waals surface area contributed by atoms with Crippen molar-refractivity contribution in [3.05, 3.63) is 58.5 Å². The lowest BCUT2D eigenvalue weighted by atomic mass is 10.1. The first kappa shape index (κ1) is 21.5. The first-order valence-corrected chi connectivity index (χ1v) is 11.7. The highest BCUT2D eigenvalue weighted by Gasteiger charge is 2.32. The predicted octanol–water partition coefficient (Wildman–Crippen LogP) is 5.62. The lowest BCUT2D eigenvalue weighted by Crippen LogP contribution is -2.29. The second-order valence-electron chi connectivity index (χ2n) is 7.85. The van der Waals surface area contributed by atoms with Gasteiger partial charge in [0.05, 0.1) is 17.7 Å². The normalized spacial score (nSPS) is 19.5. The number of hydrogen-bond donors (Lipinski definition) is 0. The van der Waals surface area contributed by atoms with E-state index in [9.17, 15) is 4.79 Å². The van der Waals surface area contributed by atoms with Gasteiger partial charge in [-0.1, -0.05) is 6.07 Å². The van der Waals surface area contributed by atoms with E-state index in [0.29, 0.717) is 11.4 Å².